The minimum absolute atomic E-state index is 0.0788. The monoisotopic (exact) mass is 268 g/mol. The van der Waals surface area contributed by atoms with Gasteiger partial charge in [-0.25, -0.2) is 4.99 Å². The van der Waals surface area contributed by atoms with Crippen molar-refractivity contribution in [3.8, 4) is 0 Å². The molecule has 0 aromatic heterocycles. The second kappa shape index (κ2) is 5.37. The molecule has 94 valence electrons. The topological polar surface area (TPSA) is 24.7 Å². The van der Waals surface area contributed by atoms with E-state index in [-0.39, 0.29) is 6.04 Å². The molecule has 3 rings (SSSR count). The number of amidine groups is 1. The highest BCUT2D eigenvalue weighted by Gasteiger charge is 2.15. The molecule has 0 bridgehead atoms. The average Bonchev–Trinajstić information content (AvgIpc) is 2.91. The molecule has 2 aromatic rings. The predicted octanol–water partition coefficient (Wildman–Crippen LogP) is 3.78. The summed E-state index contributed by atoms with van der Waals surface area (Å²) in [5.41, 5.74) is 2.17. The van der Waals surface area contributed by atoms with Crippen LogP contribution in [0.2, 0.25) is 5.02 Å². The van der Waals surface area contributed by atoms with Crippen LogP contribution < -0.4 is 0 Å². The van der Waals surface area contributed by atoms with Crippen LogP contribution in [0.1, 0.15) is 11.1 Å². The lowest BCUT2D eigenvalue weighted by Gasteiger charge is -2.05. The third-order valence-electron chi connectivity index (χ3n) is 3.08. The zero-order chi connectivity index (χ0) is 13.1. The summed E-state index contributed by atoms with van der Waals surface area (Å²) in [5, 5.41) is 0.791. The molecule has 1 aliphatic heterocycles. The second-order valence-electron chi connectivity index (χ2n) is 4.46. The molecule has 1 atom stereocenters. The van der Waals surface area contributed by atoms with Crippen LogP contribution in [0.25, 0.3) is 0 Å². The highest BCUT2D eigenvalue weighted by Crippen LogP contribution is 2.19. The lowest BCUT2D eigenvalue weighted by atomic mass is 10.1. The van der Waals surface area contributed by atoms with Crippen LogP contribution in [0.15, 0.2) is 64.6 Å². The van der Waals surface area contributed by atoms with Gasteiger partial charge in [0.05, 0.1) is 6.04 Å². The van der Waals surface area contributed by atoms with Gasteiger partial charge in [-0.2, -0.15) is 0 Å². The molecule has 3 heteroatoms. The zero-order valence-corrected chi connectivity index (χ0v) is 11.1. The Hall–Kier alpha value is -1.93. The van der Waals surface area contributed by atoms with Gasteiger partial charge in [-0.15, -0.1) is 0 Å². The Balaban J connectivity index is 1.78. The van der Waals surface area contributed by atoms with E-state index in [2.05, 4.69) is 9.98 Å². The van der Waals surface area contributed by atoms with Crippen molar-refractivity contribution in [1.82, 2.24) is 0 Å². The molecule has 1 aliphatic rings. The number of nitrogens with zero attached hydrogens (tertiary/aromatic N) is 2. The Morgan fingerprint density at radius 2 is 1.68 bits per heavy atom. The molecule has 2 nitrogen and oxygen atoms in total. The van der Waals surface area contributed by atoms with Crippen LogP contribution in [0, 0.1) is 0 Å². The maximum atomic E-state index is 6.16. The highest BCUT2D eigenvalue weighted by atomic mass is 35.5. The Labute approximate surface area is 117 Å². The van der Waals surface area contributed by atoms with E-state index >= 15 is 0 Å². The molecular weight excluding hydrogens is 256 g/mol. The summed E-state index contributed by atoms with van der Waals surface area (Å²) in [4.78, 5) is 9.03. The first-order valence-corrected chi connectivity index (χ1v) is 6.61. The molecular formula is C16H13ClN2. The van der Waals surface area contributed by atoms with Crippen LogP contribution in [0.5, 0.6) is 0 Å². The van der Waals surface area contributed by atoms with E-state index in [1.54, 1.807) is 0 Å². The van der Waals surface area contributed by atoms with Gasteiger partial charge in [-0.05, 0) is 11.6 Å². The van der Waals surface area contributed by atoms with E-state index in [4.69, 9.17) is 11.6 Å². The van der Waals surface area contributed by atoms with Crippen LogP contribution in [0.3, 0.4) is 0 Å². The molecule has 1 heterocycles. The molecule has 0 N–H and O–H groups in total. The first kappa shape index (κ1) is 12.1. The number of hydrogen-bond donors (Lipinski definition) is 0. The van der Waals surface area contributed by atoms with Crippen molar-refractivity contribution in [1.29, 1.82) is 0 Å². The van der Waals surface area contributed by atoms with Gasteiger partial charge in [0.1, 0.15) is 0 Å². The van der Waals surface area contributed by atoms with Gasteiger partial charge in [-0.1, -0.05) is 60.1 Å². The molecule has 2 aromatic carbocycles. The van der Waals surface area contributed by atoms with E-state index in [1.807, 2.05) is 60.8 Å². The molecule has 0 amide bonds. The third-order valence-corrected chi connectivity index (χ3v) is 3.44. The average molecular weight is 269 g/mol. The van der Waals surface area contributed by atoms with Gasteiger partial charge >= 0.3 is 0 Å². The summed E-state index contributed by atoms with van der Waals surface area (Å²) in [7, 11) is 0. The number of halogens is 1. The Bertz CT molecular complexity index is 632. The first-order chi connectivity index (χ1) is 9.33. The lowest BCUT2D eigenvalue weighted by Crippen LogP contribution is -2.07. The molecule has 0 radical (unpaired) electrons. The Morgan fingerprint density at radius 3 is 2.47 bits per heavy atom. The van der Waals surface area contributed by atoms with Gasteiger partial charge in [0.15, 0.2) is 5.84 Å². The predicted molar refractivity (Wildman–Crippen MR) is 80.4 cm³/mol. The molecule has 0 fully saturated rings. The Kier molecular flexibility index (Phi) is 3.43. The van der Waals surface area contributed by atoms with Gasteiger partial charge < -0.3 is 0 Å². The van der Waals surface area contributed by atoms with Gasteiger partial charge in [0.25, 0.3) is 0 Å². The maximum absolute atomic E-state index is 6.16. The van der Waals surface area contributed by atoms with Crippen molar-refractivity contribution < 1.29 is 0 Å². The summed E-state index contributed by atoms with van der Waals surface area (Å²) in [5.74, 6) is 0.803. The van der Waals surface area contributed by atoms with E-state index in [9.17, 15) is 0 Å². The van der Waals surface area contributed by atoms with E-state index in [0.717, 1.165) is 28.4 Å². The number of rotatable bonds is 3. The summed E-state index contributed by atoms with van der Waals surface area (Å²) in [6.45, 7) is 0. The summed E-state index contributed by atoms with van der Waals surface area (Å²) < 4.78 is 0. The standard InChI is InChI=1S/C16H13ClN2/c17-15-9-5-4-8-13(15)10-14-11-18-16(19-14)12-6-2-1-3-7-12/h1-9,11,14H,10H2. The quantitative estimate of drug-likeness (QED) is 0.809. The molecule has 0 spiro atoms. The minimum atomic E-state index is 0.0788. The summed E-state index contributed by atoms with van der Waals surface area (Å²) in [6.07, 6.45) is 2.69. The highest BCUT2D eigenvalue weighted by molar-refractivity contribution is 6.31. The van der Waals surface area contributed by atoms with Gasteiger partial charge in [0.2, 0.25) is 0 Å². The molecule has 1 unspecified atom stereocenters. The summed E-state index contributed by atoms with van der Waals surface area (Å²) in [6, 6.07) is 18.0. The SMILES string of the molecule is Clc1ccccc1CC1C=NC(c2ccccc2)=N1. The lowest BCUT2D eigenvalue weighted by molar-refractivity contribution is 0.880. The van der Waals surface area contributed by atoms with E-state index in [0.29, 0.717) is 0 Å². The number of hydrogen-bond acceptors (Lipinski definition) is 2. The minimum Gasteiger partial charge on any atom is -0.257 e. The number of benzene rings is 2. The molecule has 0 saturated carbocycles. The number of aliphatic imine (C=N–C) groups is 2. The van der Waals surface area contributed by atoms with E-state index < -0.39 is 0 Å². The Morgan fingerprint density at radius 1 is 0.947 bits per heavy atom. The maximum Gasteiger partial charge on any atom is 0.154 e. The van der Waals surface area contributed by atoms with Crippen molar-refractivity contribution in [2.24, 2.45) is 9.98 Å². The van der Waals surface area contributed by atoms with Crippen LogP contribution in [-0.4, -0.2) is 18.1 Å². The van der Waals surface area contributed by atoms with Crippen molar-refractivity contribution >= 4 is 23.7 Å². The fourth-order valence-corrected chi connectivity index (χ4v) is 2.32. The van der Waals surface area contributed by atoms with Crippen LogP contribution in [0.4, 0.5) is 0 Å². The second-order valence-corrected chi connectivity index (χ2v) is 4.87. The smallest absolute Gasteiger partial charge is 0.154 e. The van der Waals surface area contributed by atoms with Crippen molar-refractivity contribution in [3.05, 3.63) is 70.7 Å². The van der Waals surface area contributed by atoms with Gasteiger partial charge in [0, 0.05) is 23.2 Å². The largest absolute Gasteiger partial charge is 0.257 e. The van der Waals surface area contributed by atoms with Crippen LogP contribution >= 0.6 is 11.6 Å². The van der Waals surface area contributed by atoms with Crippen LogP contribution in [-0.2, 0) is 6.42 Å². The fourth-order valence-electron chi connectivity index (χ4n) is 2.10. The fraction of sp³-hybridized carbons (Fsp3) is 0.125. The normalized spacial score (nSPS) is 17.5. The van der Waals surface area contributed by atoms with Crippen molar-refractivity contribution in [2.75, 3.05) is 0 Å². The molecule has 0 aliphatic carbocycles. The first-order valence-electron chi connectivity index (χ1n) is 6.24. The van der Waals surface area contributed by atoms with Gasteiger partial charge in [-0.3, -0.25) is 4.99 Å². The van der Waals surface area contributed by atoms with Crippen molar-refractivity contribution in [3.63, 3.8) is 0 Å². The zero-order valence-electron chi connectivity index (χ0n) is 10.3. The molecule has 0 saturated heterocycles. The van der Waals surface area contributed by atoms with Crippen molar-refractivity contribution in [2.45, 2.75) is 12.5 Å². The molecule has 19 heavy (non-hydrogen) atoms. The van der Waals surface area contributed by atoms with E-state index in [1.165, 1.54) is 0 Å². The third kappa shape index (κ3) is 2.74. The summed E-state index contributed by atoms with van der Waals surface area (Å²) >= 11 is 6.16.